The zero-order valence-electron chi connectivity index (χ0n) is 17.9. The zero-order chi connectivity index (χ0) is 22.3. The number of carbonyl (C=O) groups excluding carboxylic acids is 2. The second-order valence-corrected chi connectivity index (χ2v) is 7.22. The highest BCUT2D eigenvalue weighted by Gasteiger charge is 2.14. The van der Waals surface area contributed by atoms with Crippen LogP contribution in [0.3, 0.4) is 0 Å². The molecular formula is C24H28O6. The van der Waals surface area contributed by atoms with Crippen LogP contribution in [-0.2, 0) is 19.1 Å². The molecule has 0 aliphatic rings. The van der Waals surface area contributed by atoms with Gasteiger partial charge in [-0.2, -0.15) is 0 Å². The summed E-state index contributed by atoms with van der Waals surface area (Å²) in [5.74, 6) is 0.415. The molecule has 6 nitrogen and oxygen atoms in total. The zero-order valence-corrected chi connectivity index (χ0v) is 17.9. The molecule has 0 bridgehead atoms. The summed E-state index contributed by atoms with van der Waals surface area (Å²) >= 11 is 0. The average Bonchev–Trinajstić information content (AvgIpc) is 2.70. The molecule has 0 saturated carbocycles. The van der Waals surface area contributed by atoms with Gasteiger partial charge < -0.3 is 18.9 Å². The lowest BCUT2D eigenvalue weighted by molar-refractivity contribution is -0.145. The molecule has 0 radical (unpaired) electrons. The molecule has 0 N–H and O–H groups in total. The first-order valence-corrected chi connectivity index (χ1v) is 9.69. The lowest BCUT2D eigenvalue weighted by atomic mass is 10.1. The third-order valence-electron chi connectivity index (χ3n) is 4.10. The van der Waals surface area contributed by atoms with Gasteiger partial charge in [-0.15, -0.1) is 0 Å². The first kappa shape index (κ1) is 23.0. The highest BCUT2D eigenvalue weighted by atomic mass is 16.6. The molecule has 2 unspecified atom stereocenters. The summed E-state index contributed by atoms with van der Waals surface area (Å²) in [6.07, 6.45) is -0.847. The number of carbonyl (C=O) groups is 2. The van der Waals surface area contributed by atoms with Crippen molar-refractivity contribution in [3.63, 3.8) is 0 Å². The molecule has 0 aliphatic heterocycles. The predicted octanol–water partition coefficient (Wildman–Crippen LogP) is 4.61. The van der Waals surface area contributed by atoms with Crippen LogP contribution in [-0.4, -0.2) is 37.4 Å². The van der Waals surface area contributed by atoms with E-state index in [0.717, 1.165) is 10.8 Å². The number of ether oxygens (including phenoxy) is 4. The lowest BCUT2D eigenvalue weighted by Crippen LogP contribution is -2.22. The van der Waals surface area contributed by atoms with Crippen LogP contribution in [0.1, 0.15) is 27.7 Å². The summed E-state index contributed by atoms with van der Waals surface area (Å²) in [6.45, 7) is 14.3. The Morgan fingerprint density at radius 2 is 1.13 bits per heavy atom. The molecule has 6 heteroatoms. The monoisotopic (exact) mass is 412 g/mol. The van der Waals surface area contributed by atoms with Crippen molar-refractivity contribution >= 4 is 22.7 Å². The van der Waals surface area contributed by atoms with Gasteiger partial charge >= 0.3 is 11.9 Å². The van der Waals surface area contributed by atoms with E-state index in [1.165, 1.54) is 0 Å². The molecule has 2 rings (SSSR count). The number of rotatable bonds is 10. The Hall–Kier alpha value is -3.28. The minimum Gasteiger partial charge on any atom is -0.489 e. The normalized spacial score (nSPS) is 12.5. The smallest absolute Gasteiger partial charge is 0.333 e. The lowest BCUT2D eigenvalue weighted by Gasteiger charge is -2.17. The van der Waals surface area contributed by atoms with Crippen LogP contribution < -0.4 is 9.47 Å². The van der Waals surface area contributed by atoms with Crippen molar-refractivity contribution < 1.29 is 28.5 Å². The Bertz CT molecular complexity index is 869. The largest absolute Gasteiger partial charge is 0.489 e. The molecule has 2 aromatic carbocycles. The van der Waals surface area contributed by atoms with Gasteiger partial charge in [-0.3, -0.25) is 0 Å². The molecule has 0 heterocycles. The van der Waals surface area contributed by atoms with Crippen molar-refractivity contribution in [2.75, 3.05) is 13.2 Å². The third kappa shape index (κ3) is 6.37. The van der Waals surface area contributed by atoms with Crippen LogP contribution in [0.2, 0.25) is 0 Å². The van der Waals surface area contributed by atoms with Crippen LogP contribution in [0.5, 0.6) is 11.5 Å². The quantitative estimate of drug-likeness (QED) is 0.419. The van der Waals surface area contributed by atoms with E-state index >= 15 is 0 Å². The summed E-state index contributed by atoms with van der Waals surface area (Å²) in [5.41, 5.74) is 0.689. The van der Waals surface area contributed by atoms with Crippen LogP contribution >= 0.6 is 0 Å². The Kier molecular flexibility index (Phi) is 8.04. The van der Waals surface area contributed by atoms with Crippen LogP contribution in [0.4, 0.5) is 0 Å². The number of hydrogen-bond donors (Lipinski definition) is 0. The molecule has 2 atom stereocenters. The minimum atomic E-state index is -0.443. The fourth-order valence-corrected chi connectivity index (χ4v) is 2.55. The van der Waals surface area contributed by atoms with Crippen molar-refractivity contribution in [1.29, 1.82) is 0 Å². The second-order valence-electron chi connectivity index (χ2n) is 7.22. The van der Waals surface area contributed by atoms with Crippen LogP contribution in [0, 0.1) is 0 Å². The van der Waals surface area contributed by atoms with E-state index in [9.17, 15) is 9.59 Å². The molecule has 30 heavy (non-hydrogen) atoms. The van der Waals surface area contributed by atoms with Crippen LogP contribution in [0.25, 0.3) is 10.8 Å². The standard InChI is InChI=1S/C24H28O6/c1-15(2)23(25)29-17(5)13-27-21-11-7-10-20-19(21)9-8-12-22(20)28-14-18(6)30-24(26)16(3)4/h7-12,17-18H,1,3,13-14H2,2,4-6H3. The SMILES string of the molecule is C=C(C)C(=O)OC(C)COc1cccc2c(OCC(C)OC(=O)C(=C)C)cccc12. The summed E-state index contributed by atoms with van der Waals surface area (Å²) in [6, 6.07) is 11.3. The fourth-order valence-electron chi connectivity index (χ4n) is 2.55. The highest BCUT2D eigenvalue weighted by Crippen LogP contribution is 2.32. The van der Waals surface area contributed by atoms with Gasteiger partial charge in [0.15, 0.2) is 0 Å². The van der Waals surface area contributed by atoms with E-state index in [2.05, 4.69) is 13.2 Å². The van der Waals surface area contributed by atoms with Gasteiger partial charge in [-0.05, 0) is 39.8 Å². The molecule has 0 aromatic heterocycles. The van der Waals surface area contributed by atoms with Gasteiger partial charge in [0.1, 0.15) is 36.9 Å². The number of fused-ring (bicyclic) bond motifs is 1. The van der Waals surface area contributed by atoms with E-state index in [-0.39, 0.29) is 13.2 Å². The highest BCUT2D eigenvalue weighted by molar-refractivity contribution is 5.93. The van der Waals surface area contributed by atoms with Crippen molar-refractivity contribution in [1.82, 2.24) is 0 Å². The molecule has 0 saturated heterocycles. The molecule has 0 amide bonds. The molecule has 0 spiro atoms. The van der Waals surface area contributed by atoms with Crippen molar-refractivity contribution in [3.8, 4) is 11.5 Å². The Labute approximate surface area is 177 Å². The van der Waals surface area contributed by atoms with Gasteiger partial charge in [0.2, 0.25) is 0 Å². The van der Waals surface area contributed by atoms with Crippen molar-refractivity contribution in [2.24, 2.45) is 0 Å². The minimum absolute atomic E-state index is 0.205. The van der Waals surface area contributed by atoms with Gasteiger partial charge in [0, 0.05) is 21.9 Å². The Morgan fingerprint density at radius 3 is 1.47 bits per heavy atom. The summed E-state index contributed by atoms with van der Waals surface area (Å²) in [4.78, 5) is 23.2. The summed E-state index contributed by atoms with van der Waals surface area (Å²) < 4.78 is 22.3. The molecule has 0 aliphatic carbocycles. The number of hydrogen-bond acceptors (Lipinski definition) is 6. The molecule has 160 valence electrons. The predicted molar refractivity (Wildman–Crippen MR) is 116 cm³/mol. The van der Waals surface area contributed by atoms with Crippen molar-refractivity contribution in [3.05, 3.63) is 60.7 Å². The summed E-state index contributed by atoms with van der Waals surface area (Å²) in [7, 11) is 0. The topological polar surface area (TPSA) is 71.1 Å². The maximum absolute atomic E-state index is 11.6. The fraction of sp³-hybridized carbons (Fsp3) is 0.333. The van der Waals surface area contributed by atoms with E-state index in [1.807, 2.05) is 36.4 Å². The Balaban J connectivity index is 2.07. The first-order valence-electron chi connectivity index (χ1n) is 9.69. The van der Waals surface area contributed by atoms with Gasteiger partial charge in [-0.1, -0.05) is 37.4 Å². The van der Waals surface area contributed by atoms with Gasteiger partial charge in [0.25, 0.3) is 0 Å². The molecule has 0 fully saturated rings. The first-order chi connectivity index (χ1) is 14.2. The third-order valence-corrected chi connectivity index (χ3v) is 4.10. The summed E-state index contributed by atoms with van der Waals surface area (Å²) in [5, 5.41) is 1.72. The molecular weight excluding hydrogens is 384 g/mol. The van der Waals surface area contributed by atoms with Gasteiger partial charge in [-0.25, -0.2) is 9.59 Å². The van der Waals surface area contributed by atoms with Gasteiger partial charge in [0.05, 0.1) is 0 Å². The Morgan fingerprint density at radius 1 is 0.767 bits per heavy atom. The number of benzene rings is 2. The van der Waals surface area contributed by atoms with Crippen LogP contribution in [0.15, 0.2) is 60.7 Å². The molecule has 2 aromatic rings. The van der Waals surface area contributed by atoms with E-state index < -0.39 is 24.1 Å². The average molecular weight is 412 g/mol. The van der Waals surface area contributed by atoms with E-state index in [0.29, 0.717) is 22.6 Å². The van der Waals surface area contributed by atoms with E-state index in [4.69, 9.17) is 18.9 Å². The van der Waals surface area contributed by atoms with E-state index in [1.54, 1.807) is 27.7 Å². The maximum Gasteiger partial charge on any atom is 0.333 e. The maximum atomic E-state index is 11.6. The van der Waals surface area contributed by atoms with Crippen molar-refractivity contribution in [2.45, 2.75) is 39.9 Å². The second kappa shape index (κ2) is 10.5. The number of esters is 2.